The van der Waals surface area contributed by atoms with Crippen molar-refractivity contribution in [2.24, 2.45) is 0 Å². The Balaban J connectivity index is 1.25. The Labute approximate surface area is 211 Å². The minimum Gasteiger partial charge on any atom is -0.494 e. The van der Waals surface area contributed by atoms with Crippen LogP contribution in [-0.2, 0) is 22.7 Å². The minimum absolute atomic E-state index is 0.176. The number of aromatic carboxylic acids is 1. The first-order chi connectivity index (χ1) is 17.6. The third-order valence-electron chi connectivity index (χ3n) is 6.26. The van der Waals surface area contributed by atoms with E-state index in [1.54, 1.807) is 24.3 Å². The van der Waals surface area contributed by atoms with Crippen molar-refractivity contribution in [3.05, 3.63) is 101 Å². The van der Waals surface area contributed by atoms with Crippen molar-refractivity contribution < 1.29 is 29.2 Å². The SMILES string of the molecule is O=C(O)c1ccc(COC2CNCC(O)C2c2ccc(OCCCOCc3ccccc3)cc2)cc1. The zero-order chi connectivity index (χ0) is 25.2. The van der Waals surface area contributed by atoms with Gasteiger partial charge in [-0.25, -0.2) is 4.79 Å². The van der Waals surface area contributed by atoms with Crippen LogP contribution in [0.4, 0.5) is 0 Å². The molecule has 1 fully saturated rings. The van der Waals surface area contributed by atoms with Gasteiger partial charge in [-0.15, -0.1) is 0 Å². The van der Waals surface area contributed by atoms with E-state index in [4.69, 9.17) is 19.3 Å². The van der Waals surface area contributed by atoms with Crippen LogP contribution in [-0.4, -0.2) is 54.7 Å². The van der Waals surface area contributed by atoms with E-state index in [0.717, 1.165) is 28.9 Å². The number of rotatable bonds is 12. The zero-order valence-corrected chi connectivity index (χ0v) is 20.2. The first-order valence-electron chi connectivity index (χ1n) is 12.3. The highest BCUT2D eigenvalue weighted by Gasteiger charge is 2.34. The summed E-state index contributed by atoms with van der Waals surface area (Å²) in [7, 11) is 0. The van der Waals surface area contributed by atoms with Crippen LogP contribution in [0.5, 0.6) is 5.75 Å². The molecule has 1 saturated heterocycles. The molecule has 1 aliphatic rings. The number of benzene rings is 3. The largest absolute Gasteiger partial charge is 0.494 e. The Hall–Kier alpha value is -3.23. The highest BCUT2D eigenvalue weighted by Crippen LogP contribution is 2.30. The number of piperidine rings is 1. The summed E-state index contributed by atoms with van der Waals surface area (Å²) in [6.07, 6.45) is -0.00148. The molecular weight excluding hydrogens is 458 g/mol. The van der Waals surface area contributed by atoms with Crippen molar-refractivity contribution in [3.63, 3.8) is 0 Å². The predicted molar refractivity (Wildman–Crippen MR) is 136 cm³/mol. The fourth-order valence-corrected chi connectivity index (χ4v) is 4.32. The lowest BCUT2D eigenvalue weighted by molar-refractivity contribution is -0.0328. The van der Waals surface area contributed by atoms with Crippen LogP contribution in [0.25, 0.3) is 0 Å². The summed E-state index contributed by atoms with van der Waals surface area (Å²) in [5.41, 5.74) is 3.28. The summed E-state index contributed by atoms with van der Waals surface area (Å²) in [6.45, 7) is 3.26. The van der Waals surface area contributed by atoms with Crippen LogP contribution >= 0.6 is 0 Å². The maximum Gasteiger partial charge on any atom is 0.335 e. The van der Waals surface area contributed by atoms with E-state index < -0.39 is 12.1 Å². The molecule has 7 nitrogen and oxygen atoms in total. The Bertz CT molecular complexity index is 1070. The van der Waals surface area contributed by atoms with Gasteiger partial charge in [0.05, 0.1) is 44.2 Å². The molecule has 0 aliphatic carbocycles. The Morgan fingerprint density at radius 1 is 0.861 bits per heavy atom. The monoisotopic (exact) mass is 491 g/mol. The third kappa shape index (κ3) is 7.38. The Morgan fingerprint density at radius 3 is 2.31 bits per heavy atom. The van der Waals surface area contributed by atoms with E-state index >= 15 is 0 Å². The molecule has 190 valence electrons. The lowest BCUT2D eigenvalue weighted by atomic mass is 9.85. The van der Waals surface area contributed by atoms with Gasteiger partial charge in [-0.3, -0.25) is 0 Å². The maximum atomic E-state index is 11.0. The van der Waals surface area contributed by atoms with Crippen molar-refractivity contribution in [2.75, 3.05) is 26.3 Å². The fraction of sp³-hybridized carbons (Fsp3) is 0.345. The normalized spacial score (nSPS) is 19.6. The molecule has 7 heteroatoms. The number of aliphatic hydroxyl groups is 1. The highest BCUT2D eigenvalue weighted by molar-refractivity contribution is 5.87. The molecule has 3 atom stereocenters. The number of hydrogen-bond donors (Lipinski definition) is 3. The Kier molecular flexibility index (Phi) is 9.47. The summed E-state index contributed by atoms with van der Waals surface area (Å²) in [5, 5.41) is 23.0. The Morgan fingerprint density at radius 2 is 1.58 bits per heavy atom. The van der Waals surface area contributed by atoms with Gasteiger partial charge in [0.25, 0.3) is 0 Å². The highest BCUT2D eigenvalue weighted by atomic mass is 16.5. The van der Waals surface area contributed by atoms with E-state index in [-0.39, 0.29) is 17.6 Å². The van der Waals surface area contributed by atoms with Crippen LogP contribution in [0.1, 0.15) is 39.4 Å². The van der Waals surface area contributed by atoms with Crippen LogP contribution in [0.3, 0.4) is 0 Å². The van der Waals surface area contributed by atoms with E-state index in [9.17, 15) is 9.90 Å². The van der Waals surface area contributed by atoms with Gasteiger partial charge >= 0.3 is 5.97 Å². The average molecular weight is 492 g/mol. The third-order valence-corrected chi connectivity index (χ3v) is 6.26. The van der Waals surface area contributed by atoms with Gasteiger partial charge in [-0.2, -0.15) is 0 Å². The topological polar surface area (TPSA) is 97.3 Å². The van der Waals surface area contributed by atoms with Gasteiger partial charge in [0.15, 0.2) is 0 Å². The van der Waals surface area contributed by atoms with Crippen molar-refractivity contribution >= 4 is 5.97 Å². The zero-order valence-electron chi connectivity index (χ0n) is 20.2. The van der Waals surface area contributed by atoms with Gasteiger partial charge in [-0.1, -0.05) is 54.6 Å². The van der Waals surface area contributed by atoms with Crippen molar-refractivity contribution in [2.45, 2.75) is 37.8 Å². The molecule has 0 aromatic heterocycles. The van der Waals surface area contributed by atoms with E-state index in [2.05, 4.69) is 5.32 Å². The van der Waals surface area contributed by atoms with E-state index in [1.807, 2.05) is 54.6 Å². The molecule has 0 spiro atoms. The molecule has 36 heavy (non-hydrogen) atoms. The number of hydrogen-bond acceptors (Lipinski definition) is 6. The van der Waals surface area contributed by atoms with Crippen molar-refractivity contribution in [1.29, 1.82) is 0 Å². The molecule has 0 radical (unpaired) electrons. The molecule has 1 heterocycles. The van der Waals surface area contributed by atoms with E-state index in [1.165, 1.54) is 0 Å². The minimum atomic E-state index is -0.953. The summed E-state index contributed by atoms with van der Waals surface area (Å²) < 4.78 is 17.7. The second-order valence-electron chi connectivity index (χ2n) is 8.91. The van der Waals surface area contributed by atoms with Crippen LogP contribution in [0.2, 0.25) is 0 Å². The lowest BCUT2D eigenvalue weighted by Gasteiger charge is -2.36. The number of nitrogens with one attached hydrogen (secondary N) is 1. The lowest BCUT2D eigenvalue weighted by Crippen LogP contribution is -2.49. The second kappa shape index (κ2) is 13.2. The molecule has 0 bridgehead atoms. The number of carboxylic acid groups (broad SMARTS) is 1. The number of carbonyl (C=O) groups is 1. The first kappa shape index (κ1) is 25.9. The second-order valence-corrected chi connectivity index (χ2v) is 8.91. The molecule has 3 unspecified atom stereocenters. The van der Waals surface area contributed by atoms with Crippen LogP contribution < -0.4 is 10.1 Å². The molecule has 3 aromatic rings. The molecule has 4 rings (SSSR count). The van der Waals surface area contributed by atoms with E-state index in [0.29, 0.717) is 39.5 Å². The number of β-amino-alcohol motifs (C(OH)–C–C–N with tert-alkyl or cyclic N) is 1. The molecule has 3 N–H and O–H groups in total. The molecule has 3 aromatic carbocycles. The molecule has 1 aliphatic heterocycles. The quantitative estimate of drug-likeness (QED) is 0.330. The summed E-state index contributed by atoms with van der Waals surface area (Å²) in [4.78, 5) is 11.0. The van der Waals surface area contributed by atoms with Gasteiger partial charge in [0.1, 0.15) is 5.75 Å². The number of ether oxygens (including phenoxy) is 3. The van der Waals surface area contributed by atoms with Crippen molar-refractivity contribution in [1.82, 2.24) is 5.32 Å². The summed E-state index contributed by atoms with van der Waals surface area (Å²) >= 11 is 0. The summed E-state index contributed by atoms with van der Waals surface area (Å²) in [6, 6.07) is 24.6. The average Bonchev–Trinajstić information content (AvgIpc) is 2.91. The van der Waals surface area contributed by atoms with Gasteiger partial charge in [0.2, 0.25) is 0 Å². The molecule has 0 amide bonds. The van der Waals surface area contributed by atoms with Crippen LogP contribution in [0, 0.1) is 0 Å². The smallest absolute Gasteiger partial charge is 0.335 e. The predicted octanol–water partition coefficient (Wildman–Crippen LogP) is 4.00. The first-order valence-corrected chi connectivity index (χ1v) is 12.3. The van der Waals surface area contributed by atoms with Gasteiger partial charge < -0.3 is 29.7 Å². The standard InChI is InChI=1S/C29H33NO6/c31-26-17-30-18-27(36-20-22-7-9-24(10-8-22)29(32)33)28(26)23-11-13-25(14-12-23)35-16-4-15-34-19-21-5-2-1-3-6-21/h1-3,5-14,26-28,30-31H,4,15-20H2,(H,32,33). The molecule has 0 saturated carbocycles. The fourth-order valence-electron chi connectivity index (χ4n) is 4.32. The number of aliphatic hydroxyl groups excluding tert-OH is 1. The van der Waals surface area contributed by atoms with Crippen molar-refractivity contribution in [3.8, 4) is 5.75 Å². The van der Waals surface area contributed by atoms with Crippen LogP contribution in [0.15, 0.2) is 78.9 Å². The summed E-state index contributed by atoms with van der Waals surface area (Å²) in [5.74, 6) is -0.350. The number of carboxylic acids is 1. The molecular formula is C29H33NO6. The maximum absolute atomic E-state index is 11.0. The van der Waals surface area contributed by atoms with Gasteiger partial charge in [0, 0.05) is 25.4 Å². The van der Waals surface area contributed by atoms with Gasteiger partial charge in [-0.05, 0) is 41.0 Å².